The van der Waals surface area contributed by atoms with E-state index < -0.39 is 9.84 Å². The first-order valence-corrected chi connectivity index (χ1v) is 10.7. The Morgan fingerprint density at radius 1 is 1.35 bits per heavy atom. The molecule has 0 aromatic carbocycles. The van der Waals surface area contributed by atoms with Crippen molar-refractivity contribution < 1.29 is 13.2 Å². The molecule has 1 saturated carbocycles. The predicted molar refractivity (Wildman–Crippen MR) is 113 cm³/mol. The number of ether oxygens (including phenoxy) is 1. The normalized spacial score (nSPS) is 21.7. The second-order valence-electron chi connectivity index (χ2n) is 6.70. The summed E-state index contributed by atoms with van der Waals surface area (Å²) in [5, 5.41) is 6.37. The van der Waals surface area contributed by atoms with Gasteiger partial charge < -0.3 is 15.4 Å². The summed E-state index contributed by atoms with van der Waals surface area (Å²) >= 11 is 0. The van der Waals surface area contributed by atoms with Crippen LogP contribution in [0.2, 0.25) is 0 Å². The molecule has 3 rings (SSSR count). The zero-order valence-corrected chi connectivity index (χ0v) is 18.1. The van der Waals surface area contributed by atoms with Crippen molar-refractivity contribution in [3.8, 4) is 5.88 Å². The Morgan fingerprint density at radius 3 is 2.73 bits per heavy atom. The highest BCUT2D eigenvalue weighted by atomic mass is 127. The fourth-order valence-corrected chi connectivity index (χ4v) is 4.34. The molecular weight excluding hydrogens is 467 g/mol. The van der Waals surface area contributed by atoms with Gasteiger partial charge in [-0.2, -0.15) is 0 Å². The Kier molecular flexibility index (Phi) is 7.93. The van der Waals surface area contributed by atoms with Gasteiger partial charge in [-0.3, -0.25) is 0 Å². The van der Waals surface area contributed by atoms with Crippen LogP contribution in [0.3, 0.4) is 0 Å². The molecule has 0 spiro atoms. The highest BCUT2D eigenvalue weighted by molar-refractivity contribution is 14.0. The van der Waals surface area contributed by atoms with Crippen molar-refractivity contribution in [3.05, 3.63) is 23.9 Å². The van der Waals surface area contributed by atoms with Crippen molar-refractivity contribution in [1.82, 2.24) is 15.6 Å². The van der Waals surface area contributed by atoms with Crippen LogP contribution in [0.1, 0.15) is 31.7 Å². The first-order valence-electron chi connectivity index (χ1n) is 8.87. The molecule has 0 radical (unpaired) electrons. The Labute approximate surface area is 172 Å². The van der Waals surface area contributed by atoms with Gasteiger partial charge in [0.1, 0.15) is 0 Å². The quantitative estimate of drug-likeness (QED) is 0.341. The maximum Gasteiger partial charge on any atom is 0.213 e. The van der Waals surface area contributed by atoms with Gasteiger partial charge in [-0.15, -0.1) is 24.0 Å². The summed E-state index contributed by atoms with van der Waals surface area (Å²) in [7, 11) is -2.90. The molecule has 1 aliphatic heterocycles. The molecule has 2 heterocycles. The Balaban J connectivity index is 0.00000243. The van der Waals surface area contributed by atoms with Crippen LogP contribution in [0.25, 0.3) is 0 Å². The maximum atomic E-state index is 11.6. The van der Waals surface area contributed by atoms with E-state index in [1.165, 1.54) is 12.8 Å². The van der Waals surface area contributed by atoms with Crippen LogP contribution in [0.15, 0.2) is 23.3 Å². The number of hydrogen-bond donors (Lipinski definition) is 2. The number of pyridine rings is 1. The van der Waals surface area contributed by atoms with Gasteiger partial charge in [0.2, 0.25) is 5.88 Å². The van der Waals surface area contributed by atoms with Crippen molar-refractivity contribution in [1.29, 1.82) is 0 Å². The molecular formula is C17H27IN4O3S. The second kappa shape index (κ2) is 9.72. The average molecular weight is 494 g/mol. The van der Waals surface area contributed by atoms with Gasteiger partial charge in [-0.1, -0.05) is 6.07 Å². The Bertz CT molecular complexity index is 705. The molecule has 26 heavy (non-hydrogen) atoms. The summed E-state index contributed by atoms with van der Waals surface area (Å²) < 4.78 is 28.8. The summed E-state index contributed by atoms with van der Waals surface area (Å²) in [4.78, 5) is 8.84. The van der Waals surface area contributed by atoms with Gasteiger partial charge in [0, 0.05) is 24.8 Å². The first-order chi connectivity index (χ1) is 12.0. The summed E-state index contributed by atoms with van der Waals surface area (Å²) in [6.07, 6.45) is 4.92. The van der Waals surface area contributed by atoms with E-state index in [1.54, 1.807) is 6.20 Å². The minimum Gasteiger partial charge on any atom is -0.477 e. The van der Waals surface area contributed by atoms with E-state index in [0.717, 1.165) is 18.7 Å². The molecule has 146 valence electrons. The van der Waals surface area contributed by atoms with Crippen molar-refractivity contribution in [3.63, 3.8) is 0 Å². The summed E-state index contributed by atoms with van der Waals surface area (Å²) in [6, 6.07) is 3.76. The highest BCUT2D eigenvalue weighted by Gasteiger charge is 2.28. The van der Waals surface area contributed by atoms with Gasteiger partial charge in [0.25, 0.3) is 0 Å². The molecule has 7 nitrogen and oxygen atoms in total. The third-order valence-corrected chi connectivity index (χ3v) is 6.07. The molecule has 1 aliphatic carbocycles. The molecule has 2 aliphatic rings. The lowest BCUT2D eigenvalue weighted by Crippen LogP contribution is -2.44. The van der Waals surface area contributed by atoms with Gasteiger partial charge in [-0.05, 0) is 37.7 Å². The molecule has 1 aromatic heterocycles. The van der Waals surface area contributed by atoms with Crippen LogP contribution in [0.4, 0.5) is 0 Å². The van der Waals surface area contributed by atoms with E-state index in [4.69, 9.17) is 4.74 Å². The largest absolute Gasteiger partial charge is 0.477 e. The number of sulfone groups is 1. The van der Waals surface area contributed by atoms with E-state index in [2.05, 4.69) is 20.6 Å². The molecule has 0 bridgehead atoms. The molecule has 1 atom stereocenters. The molecule has 2 fully saturated rings. The first kappa shape index (κ1) is 21.2. The molecule has 1 saturated heterocycles. The Morgan fingerprint density at radius 2 is 2.15 bits per heavy atom. The lowest BCUT2D eigenvalue weighted by molar-refractivity contribution is 0.288. The van der Waals surface area contributed by atoms with E-state index in [-0.39, 0.29) is 41.5 Å². The number of hydrogen-bond acceptors (Lipinski definition) is 5. The van der Waals surface area contributed by atoms with Crippen LogP contribution in [-0.4, -0.2) is 50.1 Å². The second-order valence-corrected chi connectivity index (χ2v) is 8.93. The predicted octanol–water partition coefficient (Wildman–Crippen LogP) is 1.73. The van der Waals surface area contributed by atoms with Gasteiger partial charge in [-0.25, -0.2) is 18.4 Å². The van der Waals surface area contributed by atoms with Crippen molar-refractivity contribution in [2.45, 2.75) is 38.8 Å². The fraction of sp³-hybridized carbons (Fsp3) is 0.647. The third-order valence-electron chi connectivity index (χ3n) is 4.30. The highest BCUT2D eigenvalue weighted by Crippen LogP contribution is 2.29. The lowest BCUT2D eigenvalue weighted by atomic mass is 10.3. The van der Waals surface area contributed by atoms with Crippen molar-refractivity contribution in [2.24, 2.45) is 10.9 Å². The number of aliphatic imine (C=N–C) groups is 1. The number of rotatable bonds is 7. The van der Waals surface area contributed by atoms with E-state index in [1.807, 2.05) is 19.1 Å². The third kappa shape index (κ3) is 6.90. The van der Waals surface area contributed by atoms with Gasteiger partial charge >= 0.3 is 0 Å². The number of nitrogens with one attached hydrogen (secondary N) is 2. The SMILES string of the molecule is CCNC(=NCc1ccc(OCC2CC2)nc1)NC1CCS(=O)(=O)C1.I. The van der Waals surface area contributed by atoms with E-state index in [9.17, 15) is 8.42 Å². The molecule has 1 aromatic rings. The number of aromatic nitrogens is 1. The zero-order valence-electron chi connectivity index (χ0n) is 15.0. The number of halogens is 1. The average Bonchev–Trinajstić information content (AvgIpc) is 3.35. The van der Waals surface area contributed by atoms with E-state index in [0.29, 0.717) is 30.7 Å². The lowest BCUT2D eigenvalue weighted by Gasteiger charge is -2.15. The molecule has 0 amide bonds. The van der Waals surface area contributed by atoms with Crippen LogP contribution < -0.4 is 15.4 Å². The smallest absolute Gasteiger partial charge is 0.213 e. The summed E-state index contributed by atoms with van der Waals surface area (Å²) in [5.41, 5.74) is 0.981. The standard InChI is InChI=1S/C17H26N4O3S.HI/c1-2-18-17(21-15-7-8-25(22,23)12-15)20-10-14-5-6-16(19-9-14)24-11-13-3-4-13;/h5-6,9,13,15H,2-4,7-8,10-12H2,1H3,(H2,18,20,21);1H. The monoisotopic (exact) mass is 494 g/mol. The Hall–Kier alpha value is -1.10. The zero-order chi connectivity index (χ0) is 17.7. The van der Waals surface area contributed by atoms with Crippen LogP contribution >= 0.6 is 24.0 Å². The van der Waals surface area contributed by atoms with E-state index >= 15 is 0 Å². The minimum absolute atomic E-state index is 0. The number of guanidine groups is 1. The molecule has 2 N–H and O–H groups in total. The topological polar surface area (TPSA) is 92.7 Å². The molecule has 1 unspecified atom stereocenters. The minimum atomic E-state index is -2.90. The summed E-state index contributed by atoms with van der Waals surface area (Å²) in [5.74, 6) is 2.42. The van der Waals surface area contributed by atoms with Crippen LogP contribution in [0, 0.1) is 5.92 Å². The van der Waals surface area contributed by atoms with Crippen LogP contribution in [-0.2, 0) is 16.4 Å². The number of nitrogens with zero attached hydrogens (tertiary/aromatic N) is 2. The maximum absolute atomic E-state index is 11.6. The molecule has 9 heteroatoms. The van der Waals surface area contributed by atoms with Crippen molar-refractivity contribution >= 4 is 39.8 Å². The summed E-state index contributed by atoms with van der Waals surface area (Å²) in [6.45, 7) is 3.93. The van der Waals surface area contributed by atoms with Gasteiger partial charge in [0.05, 0.1) is 24.7 Å². The van der Waals surface area contributed by atoms with Crippen molar-refractivity contribution in [2.75, 3.05) is 24.7 Å². The van der Waals surface area contributed by atoms with Crippen LogP contribution in [0.5, 0.6) is 5.88 Å². The fourth-order valence-electron chi connectivity index (χ4n) is 2.67. The van der Waals surface area contributed by atoms with Gasteiger partial charge in [0.15, 0.2) is 15.8 Å².